The van der Waals surface area contributed by atoms with E-state index in [1.54, 1.807) is 0 Å². The van der Waals surface area contributed by atoms with Gasteiger partial charge in [0.25, 0.3) is 0 Å². The van der Waals surface area contributed by atoms with E-state index in [9.17, 15) is 0 Å². The van der Waals surface area contributed by atoms with Gasteiger partial charge in [-0.15, -0.1) is 0 Å². The molecule has 1 aliphatic rings. The van der Waals surface area contributed by atoms with Crippen molar-refractivity contribution in [2.45, 2.75) is 52.0 Å². The first-order valence-electron chi connectivity index (χ1n) is 7.38. The molecule has 1 nitrogen and oxygen atoms in total. The first-order valence-corrected chi connectivity index (χ1v) is 7.38. The van der Waals surface area contributed by atoms with Crippen molar-refractivity contribution < 1.29 is 0 Å². The second-order valence-electron chi connectivity index (χ2n) is 5.86. The Balaban J connectivity index is 1.72. The second kappa shape index (κ2) is 5.17. The fourth-order valence-electron chi connectivity index (χ4n) is 3.29. The lowest BCUT2D eigenvalue weighted by Crippen LogP contribution is -2.09. The highest BCUT2D eigenvalue weighted by Gasteiger charge is 2.13. The van der Waals surface area contributed by atoms with Gasteiger partial charge in [0, 0.05) is 18.3 Å². The van der Waals surface area contributed by atoms with Crippen LogP contribution < -0.4 is 0 Å². The Labute approximate surface area is 110 Å². The smallest absolute Gasteiger partial charge is 0.0482 e. The van der Waals surface area contributed by atoms with Crippen molar-refractivity contribution in [3.05, 3.63) is 36.0 Å². The summed E-state index contributed by atoms with van der Waals surface area (Å²) in [4.78, 5) is 0. The number of aryl methyl sites for hydroxylation is 2. The second-order valence-corrected chi connectivity index (χ2v) is 5.86. The molecule has 0 aliphatic heterocycles. The lowest BCUT2D eigenvalue weighted by Gasteiger charge is -2.21. The van der Waals surface area contributed by atoms with E-state index in [1.165, 1.54) is 61.5 Å². The summed E-state index contributed by atoms with van der Waals surface area (Å²) in [6, 6.07) is 9.00. The van der Waals surface area contributed by atoms with Gasteiger partial charge >= 0.3 is 0 Å². The van der Waals surface area contributed by atoms with E-state index in [-0.39, 0.29) is 0 Å². The van der Waals surface area contributed by atoms with Crippen LogP contribution in [-0.4, -0.2) is 4.57 Å². The van der Waals surface area contributed by atoms with Gasteiger partial charge < -0.3 is 4.57 Å². The van der Waals surface area contributed by atoms with Gasteiger partial charge in [0.05, 0.1) is 0 Å². The van der Waals surface area contributed by atoms with Gasteiger partial charge in [-0.25, -0.2) is 0 Å². The third-order valence-electron chi connectivity index (χ3n) is 4.43. The van der Waals surface area contributed by atoms with Crippen molar-refractivity contribution in [1.29, 1.82) is 0 Å². The van der Waals surface area contributed by atoms with Crippen LogP contribution in [0.25, 0.3) is 10.9 Å². The molecule has 0 radical (unpaired) electrons. The maximum Gasteiger partial charge on any atom is 0.0482 e. The minimum absolute atomic E-state index is 0.973. The van der Waals surface area contributed by atoms with E-state index < -0.39 is 0 Å². The van der Waals surface area contributed by atoms with Crippen LogP contribution in [-0.2, 0) is 6.54 Å². The van der Waals surface area contributed by atoms with E-state index in [2.05, 4.69) is 42.0 Å². The van der Waals surface area contributed by atoms with Gasteiger partial charge in [0.1, 0.15) is 0 Å². The molecule has 0 bridgehead atoms. The number of nitrogens with zero attached hydrogens (tertiary/aromatic N) is 1. The van der Waals surface area contributed by atoms with Gasteiger partial charge in [-0.05, 0) is 42.3 Å². The highest BCUT2D eigenvalue weighted by molar-refractivity contribution is 5.80. The average Bonchev–Trinajstić information content (AvgIpc) is 2.80. The largest absolute Gasteiger partial charge is 0.347 e. The molecule has 1 aliphatic carbocycles. The molecule has 0 N–H and O–H groups in total. The predicted octanol–water partition coefficient (Wildman–Crippen LogP) is 4.92. The Hall–Kier alpha value is -1.24. The number of aromatic nitrogens is 1. The summed E-state index contributed by atoms with van der Waals surface area (Å²) in [5, 5.41) is 1.38. The van der Waals surface area contributed by atoms with Crippen LogP contribution in [0.1, 0.15) is 44.1 Å². The third-order valence-corrected chi connectivity index (χ3v) is 4.43. The van der Waals surface area contributed by atoms with Crippen LogP contribution >= 0.6 is 0 Å². The predicted molar refractivity (Wildman–Crippen MR) is 77.9 cm³/mol. The summed E-state index contributed by atoms with van der Waals surface area (Å²) in [5.41, 5.74) is 2.77. The fraction of sp³-hybridized carbons (Fsp3) is 0.529. The number of hydrogen-bond acceptors (Lipinski definition) is 0. The molecular weight excluding hydrogens is 218 g/mol. The van der Waals surface area contributed by atoms with Gasteiger partial charge in [-0.2, -0.15) is 0 Å². The number of rotatable bonds is 3. The molecule has 0 spiro atoms. The van der Waals surface area contributed by atoms with Crippen LogP contribution in [0.4, 0.5) is 0 Å². The molecule has 96 valence electrons. The van der Waals surface area contributed by atoms with Gasteiger partial charge in [0.2, 0.25) is 0 Å². The molecule has 0 atom stereocenters. The fourth-order valence-corrected chi connectivity index (χ4v) is 3.29. The minimum Gasteiger partial charge on any atom is -0.347 e. The van der Waals surface area contributed by atoms with Crippen molar-refractivity contribution in [2.24, 2.45) is 5.92 Å². The zero-order valence-electron chi connectivity index (χ0n) is 11.4. The first kappa shape index (κ1) is 11.8. The Morgan fingerprint density at radius 3 is 2.78 bits per heavy atom. The minimum atomic E-state index is 0.973. The molecule has 2 aromatic rings. The summed E-state index contributed by atoms with van der Waals surface area (Å²) < 4.78 is 2.44. The Bertz CT molecular complexity index is 517. The lowest BCUT2D eigenvalue weighted by atomic mass is 9.87. The Morgan fingerprint density at radius 2 is 1.94 bits per heavy atom. The molecule has 1 heterocycles. The number of hydrogen-bond donors (Lipinski definition) is 0. The van der Waals surface area contributed by atoms with Crippen LogP contribution in [0.5, 0.6) is 0 Å². The molecule has 0 unspecified atom stereocenters. The summed E-state index contributed by atoms with van der Waals surface area (Å²) in [6.45, 7) is 3.37. The van der Waals surface area contributed by atoms with Crippen molar-refractivity contribution in [2.75, 3.05) is 0 Å². The summed E-state index contributed by atoms with van der Waals surface area (Å²) in [7, 11) is 0. The molecule has 1 saturated carbocycles. The van der Waals surface area contributed by atoms with Crippen molar-refractivity contribution in [3.8, 4) is 0 Å². The highest BCUT2D eigenvalue weighted by atomic mass is 14.9. The number of fused-ring (bicyclic) bond motifs is 1. The molecule has 1 aromatic heterocycles. The maximum atomic E-state index is 2.44. The molecule has 0 saturated heterocycles. The van der Waals surface area contributed by atoms with E-state index >= 15 is 0 Å². The topological polar surface area (TPSA) is 4.93 Å². The lowest BCUT2D eigenvalue weighted by molar-refractivity contribution is 0.325. The zero-order valence-corrected chi connectivity index (χ0v) is 11.4. The Morgan fingerprint density at radius 1 is 1.11 bits per heavy atom. The van der Waals surface area contributed by atoms with Crippen LogP contribution in [0.15, 0.2) is 30.5 Å². The van der Waals surface area contributed by atoms with Crippen molar-refractivity contribution in [1.82, 2.24) is 4.57 Å². The average molecular weight is 241 g/mol. The van der Waals surface area contributed by atoms with Gasteiger partial charge in [-0.1, -0.05) is 44.2 Å². The quantitative estimate of drug-likeness (QED) is 0.718. The van der Waals surface area contributed by atoms with Gasteiger partial charge in [-0.3, -0.25) is 0 Å². The van der Waals surface area contributed by atoms with Crippen LogP contribution in [0.3, 0.4) is 0 Å². The first-order chi connectivity index (χ1) is 8.83. The maximum absolute atomic E-state index is 2.44. The normalized spacial score (nSPS) is 17.4. The summed E-state index contributed by atoms with van der Waals surface area (Å²) in [6.07, 6.45) is 10.9. The molecular formula is C17H23N. The van der Waals surface area contributed by atoms with Gasteiger partial charge in [0.15, 0.2) is 0 Å². The van der Waals surface area contributed by atoms with E-state index in [1.807, 2.05) is 0 Å². The van der Waals surface area contributed by atoms with E-state index in [0.29, 0.717) is 0 Å². The SMILES string of the molecule is Cc1ccc2ccn(CCC3CCCCC3)c2c1. The zero-order chi connectivity index (χ0) is 12.4. The molecule has 1 fully saturated rings. The monoisotopic (exact) mass is 241 g/mol. The molecule has 1 heteroatoms. The standard InChI is InChI=1S/C17H23N/c1-14-7-8-16-10-12-18(17(16)13-14)11-9-15-5-3-2-4-6-15/h7-8,10,12-13,15H,2-6,9,11H2,1H3. The number of benzene rings is 1. The van der Waals surface area contributed by atoms with Crippen molar-refractivity contribution in [3.63, 3.8) is 0 Å². The third kappa shape index (κ3) is 2.45. The molecule has 1 aromatic carbocycles. The molecule has 3 rings (SSSR count). The molecule has 18 heavy (non-hydrogen) atoms. The van der Waals surface area contributed by atoms with E-state index in [0.717, 1.165) is 5.92 Å². The Kier molecular flexibility index (Phi) is 3.40. The summed E-state index contributed by atoms with van der Waals surface area (Å²) >= 11 is 0. The van der Waals surface area contributed by atoms with Crippen molar-refractivity contribution >= 4 is 10.9 Å². The van der Waals surface area contributed by atoms with Crippen LogP contribution in [0, 0.1) is 12.8 Å². The van der Waals surface area contributed by atoms with E-state index in [4.69, 9.17) is 0 Å². The molecule has 0 amide bonds. The van der Waals surface area contributed by atoms with Crippen LogP contribution in [0.2, 0.25) is 0 Å². The summed E-state index contributed by atoms with van der Waals surface area (Å²) in [5.74, 6) is 0.973. The highest BCUT2D eigenvalue weighted by Crippen LogP contribution is 2.27.